The van der Waals surface area contributed by atoms with Crippen LogP contribution in [0.25, 0.3) is 0 Å². The summed E-state index contributed by atoms with van der Waals surface area (Å²) in [7, 11) is 0. The Kier molecular flexibility index (Phi) is 7.38. The first kappa shape index (κ1) is 20.9. The van der Waals surface area contributed by atoms with Crippen LogP contribution in [0.3, 0.4) is 0 Å². The highest BCUT2D eigenvalue weighted by Gasteiger charge is 2.11. The molecule has 2 N–H and O–H groups in total. The van der Waals surface area contributed by atoms with Gasteiger partial charge in [-0.1, -0.05) is 36.4 Å². The quantitative estimate of drug-likeness (QED) is 0.523. The first-order valence-electron chi connectivity index (χ1n) is 9.54. The predicted octanol–water partition coefficient (Wildman–Crippen LogP) is 4.04. The maximum absolute atomic E-state index is 12.1. The van der Waals surface area contributed by atoms with Gasteiger partial charge in [0, 0.05) is 24.2 Å². The van der Waals surface area contributed by atoms with E-state index in [1.165, 1.54) is 6.26 Å². The van der Waals surface area contributed by atoms with Gasteiger partial charge in [-0.3, -0.25) is 14.4 Å². The molecule has 7 heteroatoms. The second-order valence-electron chi connectivity index (χ2n) is 6.52. The molecular weight excluding hydrogens is 384 g/mol. The Hall–Kier alpha value is -3.87. The lowest BCUT2D eigenvalue weighted by atomic mass is 10.2. The number of carbonyl (C=O) groups is 3. The molecule has 2 amide bonds. The van der Waals surface area contributed by atoms with Gasteiger partial charge in [-0.25, -0.2) is 0 Å². The minimum Gasteiger partial charge on any atom is -0.465 e. The topological polar surface area (TPSA) is 97.6 Å². The summed E-state index contributed by atoms with van der Waals surface area (Å²) in [6, 6.07) is 19.6. The van der Waals surface area contributed by atoms with Gasteiger partial charge in [0.1, 0.15) is 0 Å². The van der Waals surface area contributed by atoms with Crippen molar-refractivity contribution < 1.29 is 23.5 Å². The fraction of sp³-hybridized carbons (Fsp3) is 0.174. The maximum Gasteiger partial charge on any atom is 0.306 e. The number of amides is 2. The molecule has 0 fully saturated rings. The average molecular weight is 406 g/mol. The summed E-state index contributed by atoms with van der Waals surface area (Å²) in [4.78, 5) is 36.0. The summed E-state index contributed by atoms with van der Waals surface area (Å²) in [6.45, 7) is 0.280. The fourth-order valence-electron chi connectivity index (χ4n) is 2.71. The molecule has 154 valence electrons. The highest BCUT2D eigenvalue weighted by Crippen LogP contribution is 2.17. The number of anilines is 2. The summed E-state index contributed by atoms with van der Waals surface area (Å²) in [5.41, 5.74) is 2.10. The number of nitrogens with one attached hydrogen (secondary N) is 2. The number of hydrogen-bond donors (Lipinski definition) is 2. The van der Waals surface area contributed by atoms with Gasteiger partial charge in [-0.05, 0) is 35.9 Å². The van der Waals surface area contributed by atoms with Gasteiger partial charge in [0.05, 0.1) is 19.3 Å². The van der Waals surface area contributed by atoms with Gasteiger partial charge in [0.25, 0.3) is 5.91 Å². The van der Waals surface area contributed by atoms with Crippen LogP contribution in [-0.4, -0.2) is 24.4 Å². The zero-order valence-electron chi connectivity index (χ0n) is 16.3. The van der Waals surface area contributed by atoms with Crippen LogP contribution in [0, 0.1) is 0 Å². The van der Waals surface area contributed by atoms with Crippen LogP contribution in [0.15, 0.2) is 77.4 Å². The number of esters is 1. The molecule has 0 aliphatic rings. The van der Waals surface area contributed by atoms with Crippen molar-refractivity contribution in [3.05, 3.63) is 84.3 Å². The molecule has 2 aromatic carbocycles. The Morgan fingerprint density at radius 1 is 0.833 bits per heavy atom. The van der Waals surface area contributed by atoms with E-state index in [-0.39, 0.29) is 37.0 Å². The van der Waals surface area contributed by atoms with E-state index in [2.05, 4.69) is 10.6 Å². The summed E-state index contributed by atoms with van der Waals surface area (Å²) in [6.07, 6.45) is 2.05. The maximum atomic E-state index is 12.1. The van der Waals surface area contributed by atoms with Crippen LogP contribution >= 0.6 is 0 Å². The van der Waals surface area contributed by atoms with E-state index in [1.807, 2.05) is 30.3 Å². The number of hydrogen-bond acceptors (Lipinski definition) is 5. The summed E-state index contributed by atoms with van der Waals surface area (Å²) in [5.74, 6) is -0.929. The molecule has 3 aromatic rings. The Morgan fingerprint density at radius 3 is 2.33 bits per heavy atom. The van der Waals surface area contributed by atoms with E-state index < -0.39 is 5.97 Å². The fourth-order valence-corrected chi connectivity index (χ4v) is 2.71. The zero-order valence-corrected chi connectivity index (χ0v) is 16.3. The Morgan fingerprint density at radius 2 is 1.60 bits per heavy atom. The lowest BCUT2D eigenvalue weighted by molar-refractivity contribution is -0.144. The molecule has 3 rings (SSSR count). The van der Waals surface area contributed by atoms with Crippen molar-refractivity contribution in [2.24, 2.45) is 0 Å². The van der Waals surface area contributed by atoms with E-state index >= 15 is 0 Å². The molecule has 30 heavy (non-hydrogen) atoms. The first-order valence-corrected chi connectivity index (χ1v) is 9.54. The number of benzene rings is 2. The van der Waals surface area contributed by atoms with Gasteiger partial charge in [0.15, 0.2) is 5.76 Å². The van der Waals surface area contributed by atoms with Crippen molar-refractivity contribution in [1.29, 1.82) is 0 Å². The van der Waals surface area contributed by atoms with Gasteiger partial charge >= 0.3 is 5.97 Å². The molecule has 0 aliphatic heterocycles. The molecule has 0 saturated carbocycles. The van der Waals surface area contributed by atoms with Crippen LogP contribution in [0.1, 0.15) is 29.0 Å². The molecule has 7 nitrogen and oxygen atoms in total. The van der Waals surface area contributed by atoms with Crippen molar-refractivity contribution in [2.45, 2.75) is 19.3 Å². The molecule has 0 aliphatic carbocycles. The van der Waals surface area contributed by atoms with E-state index in [0.29, 0.717) is 17.8 Å². The van der Waals surface area contributed by atoms with Crippen LogP contribution in [0.4, 0.5) is 11.4 Å². The van der Waals surface area contributed by atoms with E-state index in [0.717, 1.165) is 5.56 Å². The minimum absolute atomic E-state index is 0.00442. The van der Waals surface area contributed by atoms with Gasteiger partial charge in [-0.2, -0.15) is 0 Å². The molecule has 0 saturated heterocycles. The standard InChI is InChI=1S/C23H22N2O5/c26-21(11-12-22(27)30-15-13-17-6-2-1-3-7-17)24-18-8-4-9-19(16-18)25-23(28)20-10-5-14-29-20/h1-10,14,16H,11-13,15H2,(H,24,26)(H,25,28). The monoisotopic (exact) mass is 406 g/mol. The summed E-state index contributed by atoms with van der Waals surface area (Å²) in [5, 5.41) is 5.39. The molecule has 0 unspecified atom stereocenters. The number of rotatable bonds is 9. The highest BCUT2D eigenvalue weighted by atomic mass is 16.5. The first-order chi connectivity index (χ1) is 14.6. The average Bonchev–Trinajstić information content (AvgIpc) is 3.28. The normalized spacial score (nSPS) is 10.3. The molecule has 0 spiro atoms. The minimum atomic E-state index is -0.416. The van der Waals surface area contributed by atoms with Crippen molar-refractivity contribution in [1.82, 2.24) is 0 Å². The van der Waals surface area contributed by atoms with E-state index in [1.54, 1.807) is 36.4 Å². The van der Waals surface area contributed by atoms with Crippen LogP contribution < -0.4 is 10.6 Å². The Balaban J connectivity index is 1.40. The van der Waals surface area contributed by atoms with Gasteiger partial charge < -0.3 is 19.8 Å². The van der Waals surface area contributed by atoms with Crippen molar-refractivity contribution in [3.8, 4) is 0 Å². The number of furan rings is 1. The van der Waals surface area contributed by atoms with E-state index in [9.17, 15) is 14.4 Å². The van der Waals surface area contributed by atoms with Gasteiger partial charge in [0.2, 0.25) is 5.91 Å². The smallest absolute Gasteiger partial charge is 0.306 e. The number of ether oxygens (including phenoxy) is 1. The van der Waals surface area contributed by atoms with Crippen LogP contribution in [0.2, 0.25) is 0 Å². The lowest BCUT2D eigenvalue weighted by Gasteiger charge is -2.08. The highest BCUT2D eigenvalue weighted by molar-refractivity contribution is 6.02. The molecule has 0 atom stereocenters. The van der Waals surface area contributed by atoms with Crippen molar-refractivity contribution >= 4 is 29.2 Å². The number of carbonyl (C=O) groups excluding carboxylic acids is 3. The second kappa shape index (κ2) is 10.6. The summed E-state index contributed by atoms with van der Waals surface area (Å²) < 4.78 is 10.2. The third-order valence-electron chi connectivity index (χ3n) is 4.20. The third kappa shape index (κ3) is 6.63. The third-order valence-corrected chi connectivity index (χ3v) is 4.20. The largest absolute Gasteiger partial charge is 0.465 e. The van der Waals surface area contributed by atoms with Crippen molar-refractivity contribution in [2.75, 3.05) is 17.2 Å². The second-order valence-corrected chi connectivity index (χ2v) is 6.52. The molecule has 0 bridgehead atoms. The zero-order chi connectivity index (χ0) is 21.2. The Bertz CT molecular complexity index is 984. The SMILES string of the molecule is O=C(CCC(=O)OCCc1ccccc1)Nc1cccc(NC(=O)c2ccco2)c1. The molecule has 1 heterocycles. The summed E-state index contributed by atoms with van der Waals surface area (Å²) >= 11 is 0. The van der Waals surface area contributed by atoms with Crippen LogP contribution in [0.5, 0.6) is 0 Å². The van der Waals surface area contributed by atoms with Crippen LogP contribution in [-0.2, 0) is 20.7 Å². The lowest BCUT2D eigenvalue weighted by Crippen LogP contribution is -2.16. The Labute approximate surface area is 174 Å². The predicted molar refractivity (Wildman–Crippen MR) is 112 cm³/mol. The van der Waals surface area contributed by atoms with Crippen molar-refractivity contribution in [3.63, 3.8) is 0 Å². The molecular formula is C23H22N2O5. The van der Waals surface area contributed by atoms with Gasteiger partial charge in [-0.15, -0.1) is 0 Å². The van der Waals surface area contributed by atoms with E-state index in [4.69, 9.17) is 9.15 Å². The molecule has 0 radical (unpaired) electrons. The molecule has 1 aromatic heterocycles.